The minimum atomic E-state index is -0.720. The first-order chi connectivity index (χ1) is 7.56. The molecule has 0 fully saturated rings. The first-order valence-electron chi connectivity index (χ1n) is 7.20. The Kier molecular flexibility index (Phi) is 6.18. The van der Waals surface area contributed by atoms with E-state index < -0.39 is 6.17 Å². The smallest absolute Gasteiger partial charge is 0.109 e. The average molecular weight is 244 g/mol. The van der Waals surface area contributed by atoms with Crippen LogP contribution in [0.4, 0.5) is 4.39 Å². The SMILES string of the molecule is CC(C)C(C(C)C)C(F)C(C)(C(C)C)C(C)C. The molecule has 1 atom stereocenters. The van der Waals surface area contributed by atoms with Crippen LogP contribution in [0.3, 0.4) is 0 Å². The number of alkyl halides is 1. The Hall–Kier alpha value is -0.0700. The van der Waals surface area contributed by atoms with Gasteiger partial charge in [0.1, 0.15) is 6.17 Å². The molecule has 0 saturated heterocycles. The molecule has 0 spiro atoms. The molecular formula is C16H33F. The summed E-state index contributed by atoms with van der Waals surface area (Å²) in [5.74, 6) is 1.71. The lowest BCUT2D eigenvalue weighted by atomic mass is 9.61. The molecule has 0 aromatic rings. The lowest BCUT2D eigenvalue weighted by Gasteiger charge is -2.46. The Labute approximate surface area is 108 Å². The third-order valence-electron chi connectivity index (χ3n) is 4.96. The van der Waals surface area contributed by atoms with Crippen LogP contribution in [0, 0.1) is 35.0 Å². The van der Waals surface area contributed by atoms with E-state index in [4.69, 9.17) is 0 Å². The quantitative estimate of drug-likeness (QED) is 0.573. The van der Waals surface area contributed by atoms with Crippen molar-refractivity contribution in [2.24, 2.45) is 35.0 Å². The standard InChI is InChI=1S/C16H33F/c1-10(2)14(11(3)4)15(17)16(9,12(5)6)13(7)8/h10-15H,1-9H3. The zero-order valence-corrected chi connectivity index (χ0v) is 13.3. The van der Waals surface area contributed by atoms with Crippen LogP contribution in [0.15, 0.2) is 0 Å². The molecule has 0 radical (unpaired) electrons. The van der Waals surface area contributed by atoms with Crippen molar-refractivity contribution in [2.45, 2.75) is 68.5 Å². The van der Waals surface area contributed by atoms with Gasteiger partial charge in [-0.2, -0.15) is 0 Å². The van der Waals surface area contributed by atoms with Crippen LogP contribution in [0.2, 0.25) is 0 Å². The molecule has 1 heteroatoms. The molecule has 0 aliphatic heterocycles. The third kappa shape index (κ3) is 3.45. The van der Waals surface area contributed by atoms with E-state index in [-0.39, 0.29) is 11.3 Å². The second kappa shape index (κ2) is 6.20. The fourth-order valence-corrected chi connectivity index (χ4v) is 3.16. The van der Waals surface area contributed by atoms with Crippen LogP contribution in [0.1, 0.15) is 62.3 Å². The van der Waals surface area contributed by atoms with Crippen LogP contribution >= 0.6 is 0 Å². The molecule has 0 saturated carbocycles. The fourth-order valence-electron chi connectivity index (χ4n) is 3.16. The summed E-state index contributed by atoms with van der Waals surface area (Å²) in [5.41, 5.74) is -0.223. The summed E-state index contributed by atoms with van der Waals surface area (Å²) in [6.07, 6.45) is -0.720. The van der Waals surface area contributed by atoms with Gasteiger partial charge >= 0.3 is 0 Å². The van der Waals surface area contributed by atoms with Crippen LogP contribution in [-0.2, 0) is 0 Å². The van der Waals surface area contributed by atoms with Crippen molar-refractivity contribution in [3.63, 3.8) is 0 Å². The molecule has 17 heavy (non-hydrogen) atoms. The Morgan fingerprint density at radius 2 is 1.00 bits per heavy atom. The highest BCUT2D eigenvalue weighted by atomic mass is 19.1. The summed E-state index contributed by atoms with van der Waals surface area (Å²) in [6, 6.07) is 0. The lowest BCUT2D eigenvalue weighted by molar-refractivity contribution is -0.0377. The van der Waals surface area contributed by atoms with Crippen LogP contribution in [0.5, 0.6) is 0 Å². The highest BCUT2D eigenvalue weighted by molar-refractivity contribution is 4.93. The van der Waals surface area contributed by atoms with Crippen molar-refractivity contribution in [3.8, 4) is 0 Å². The highest BCUT2D eigenvalue weighted by Gasteiger charge is 2.45. The van der Waals surface area contributed by atoms with Gasteiger partial charge in [0, 0.05) is 5.41 Å². The molecule has 0 nitrogen and oxygen atoms in total. The fraction of sp³-hybridized carbons (Fsp3) is 1.00. The molecule has 104 valence electrons. The van der Waals surface area contributed by atoms with Crippen molar-refractivity contribution in [3.05, 3.63) is 0 Å². The van der Waals surface area contributed by atoms with Crippen molar-refractivity contribution < 1.29 is 4.39 Å². The maximum Gasteiger partial charge on any atom is 0.109 e. The maximum atomic E-state index is 15.1. The van der Waals surface area contributed by atoms with E-state index >= 15 is 4.39 Å². The van der Waals surface area contributed by atoms with Crippen molar-refractivity contribution in [2.75, 3.05) is 0 Å². The summed E-state index contributed by atoms with van der Waals surface area (Å²) >= 11 is 0. The minimum Gasteiger partial charge on any atom is -0.247 e. The predicted molar refractivity (Wildman–Crippen MR) is 75.8 cm³/mol. The van der Waals surface area contributed by atoms with Gasteiger partial charge in [0.05, 0.1) is 0 Å². The Balaban J connectivity index is 5.26. The molecule has 0 heterocycles. The summed E-state index contributed by atoms with van der Waals surface area (Å²) in [4.78, 5) is 0. The summed E-state index contributed by atoms with van der Waals surface area (Å²) < 4.78 is 15.1. The number of hydrogen-bond donors (Lipinski definition) is 0. The molecular weight excluding hydrogens is 211 g/mol. The van der Waals surface area contributed by atoms with E-state index in [1.165, 1.54) is 0 Å². The van der Waals surface area contributed by atoms with Gasteiger partial charge in [-0.1, -0.05) is 62.3 Å². The predicted octanol–water partition coefficient (Wildman–Crippen LogP) is 5.57. The first-order valence-corrected chi connectivity index (χ1v) is 7.20. The first kappa shape index (κ1) is 16.9. The van der Waals surface area contributed by atoms with Gasteiger partial charge in [-0.3, -0.25) is 0 Å². The maximum absolute atomic E-state index is 15.1. The molecule has 0 amide bonds. The summed E-state index contributed by atoms with van der Waals surface area (Å²) in [7, 11) is 0. The van der Waals surface area contributed by atoms with Crippen LogP contribution in [-0.4, -0.2) is 6.17 Å². The van der Waals surface area contributed by atoms with E-state index in [9.17, 15) is 0 Å². The monoisotopic (exact) mass is 244 g/mol. The summed E-state index contributed by atoms with van der Waals surface area (Å²) in [5, 5.41) is 0. The van der Waals surface area contributed by atoms with E-state index in [2.05, 4.69) is 62.3 Å². The van der Waals surface area contributed by atoms with E-state index in [1.54, 1.807) is 0 Å². The Morgan fingerprint density at radius 1 is 0.706 bits per heavy atom. The average Bonchev–Trinajstić information content (AvgIpc) is 2.14. The second-order valence-corrected chi connectivity index (χ2v) is 7.14. The zero-order valence-electron chi connectivity index (χ0n) is 13.3. The Bertz CT molecular complexity index is 200. The molecule has 0 aliphatic rings. The highest BCUT2D eigenvalue weighted by Crippen LogP contribution is 2.46. The van der Waals surface area contributed by atoms with Gasteiger partial charge in [-0.15, -0.1) is 0 Å². The molecule has 1 unspecified atom stereocenters. The molecule has 0 aromatic heterocycles. The van der Waals surface area contributed by atoms with Crippen LogP contribution in [0.25, 0.3) is 0 Å². The minimum absolute atomic E-state index is 0.157. The number of hydrogen-bond acceptors (Lipinski definition) is 0. The molecule has 0 bridgehead atoms. The van der Waals surface area contributed by atoms with Gasteiger partial charge < -0.3 is 0 Å². The van der Waals surface area contributed by atoms with E-state index in [0.717, 1.165) is 0 Å². The van der Waals surface area contributed by atoms with Gasteiger partial charge in [0.15, 0.2) is 0 Å². The van der Waals surface area contributed by atoms with E-state index in [1.807, 2.05) is 0 Å². The van der Waals surface area contributed by atoms with Gasteiger partial charge in [-0.25, -0.2) is 4.39 Å². The van der Waals surface area contributed by atoms with Gasteiger partial charge in [0.2, 0.25) is 0 Å². The number of halogens is 1. The van der Waals surface area contributed by atoms with E-state index in [0.29, 0.717) is 23.7 Å². The topological polar surface area (TPSA) is 0 Å². The molecule has 0 rings (SSSR count). The summed E-state index contributed by atoms with van der Waals surface area (Å²) in [6.45, 7) is 19.4. The lowest BCUT2D eigenvalue weighted by Crippen LogP contribution is -2.46. The number of rotatable bonds is 6. The molecule has 0 aliphatic carbocycles. The van der Waals surface area contributed by atoms with Gasteiger partial charge in [0.25, 0.3) is 0 Å². The third-order valence-corrected chi connectivity index (χ3v) is 4.96. The molecule has 0 aromatic carbocycles. The van der Waals surface area contributed by atoms with Crippen molar-refractivity contribution in [1.82, 2.24) is 0 Å². The van der Waals surface area contributed by atoms with Crippen LogP contribution < -0.4 is 0 Å². The van der Waals surface area contributed by atoms with Crippen molar-refractivity contribution >= 4 is 0 Å². The second-order valence-electron chi connectivity index (χ2n) is 7.14. The normalized spacial score (nSPS) is 15.7. The largest absolute Gasteiger partial charge is 0.247 e. The Morgan fingerprint density at radius 3 is 1.18 bits per heavy atom. The van der Waals surface area contributed by atoms with Crippen molar-refractivity contribution in [1.29, 1.82) is 0 Å². The zero-order chi connectivity index (χ0) is 14.0. The van der Waals surface area contributed by atoms with Gasteiger partial charge in [-0.05, 0) is 29.6 Å². The molecule has 0 N–H and O–H groups in total.